The summed E-state index contributed by atoms with van der Waals surface area (Å²) in [6, 6.07) is 9.50. The van der Waals surface area contributed by atoms with E-state index in [1.165, 1.54) is 0 Å². The maximum Gasteiger partial charge on any atom is 0.259 e. The molecule has 0 saturated carbocycles. The molecule has 3 heteroatoms. The predicted molar refractivity (Wildman–Crippen MR) is 70.9 cm³/mol. The average molecular weight is 240 g/mol. The van der Waals surface area contributed by atoms with Gasteiger partial charge in [0.2, 0.25) is 0 Å². The van der Waals surface area contributed by atoms with Crippen molar-refractivity contribution in [3.05, 3.63) is 59.9 Å². The fraction of sp³-hybridized carbons (Fsp3) is 0.267. The second-order valence-corrected chi connectivity index (χ2v) is 4.58. The van der Waals surface area contributed by atoms with Gasteiger partial charge in [-0.25, -0.2) is 0 Å². The van der Waals surface area contributed by atoms with Gasteiger partial charge in [0.05, 0.1) is 0 Å². The highest BCUT2D eigenvalue weighted by Gasteiger charge is 2.27. The second-order valence-electron chi connectivity index (χ2n) is 4.58. The molecule has 2 heterocycles. The Morgan fingerprint density at radius 3 is 2.78 bits per heavy atom. The molecule has 1 amide bonds. The zero-order chi connectivity index (χ0) is 12.4. The first-order chi connectivity index (χ1) is 8.86. The van der Waals surface area contributed by atoms with Crippen LogP contribution in [0.1, 0.15) is 16.8 Å². The first kappa shape index (κ1) is 11.1. The van der Waals surface area contributed by atoms with Gasteiger partial charge >= 0.3 is 0 Å². The Kier molecular flexibility index (Phi) is 2.89. The highest BCUT2D eigenvalue weighted by atomic mass is 16.2. The number of fused-ring (bicyclic) bond motifs is 1. The van der Waals surface area contributed by atoms with Crippen molar-refractivity contribution in [1.29, 1.82) is 0 Å². The van der Waals surface area contributed by atoms with E-state index in [4.69, 9.17) is 0 Å². The van der Waals surface area contributed by atoms with Crippen molar-refractivity contribution in [3.63, 3.8) is 0 Å². The van der Waals surface area contributed by atoms with Crippen LogP contribution in [-0.4, -0.2) is 35.3 Å². The first-order valence-electron chi connectivity index (χ1n) is 6.35. The molecule has 0 aromatic heterocycles. The van der Waals surface area contributed by atoms with Gasteiger partial charge < -0.3 is 4.90 Å². The van der Waals surface area contributed by atoms with E-state index in [0.29, 0.717) is 0 Å². The van der Waals surface area contributed by atoms with Crippen molar-refractivity contribution in [1.82, 2.24) is 9.80 Å². The molecule has 1 fully saturated rings. The van der Waals surface area contributed by atoms with E-state index in [2.05, 4.69) is 11.0 Å². The summed E-state index contributed by atoms with van der Waals surface area (Å²) in [5.74, 6) is 1.14. The van der Waals surface area contributed by atoms with Gasteiger partial charge in [0.1, 0.15) is 5.82 Å². The molecule has 2 aliphatic heterocycles. The van der Waals surface area contributed by atoms with Gasteiger partial charge in [-0.1, -0.05) is 30.4 Å². The van der Waals surface area contributed by atoms with Crippen LogP contribution in [0.4, 0.5) is 0 Å². The zero-order valence-electron chi connectivity index (χ0n) is 10.2. The molecule has 92 valence electrons. The number of carbonyl (C=O) groups excluding carboxylic acids is 1. The number of rotatable bonds is 1. The van der Waals surface area contributed by atoms with Gasteiger partial charge in [-0.15, -0.1) is 0 Å². The first-order valence-corrected chi connectivity index (χ1v) is 6.35. The quantitative estimate of drug-likeness (QED) is 0.751. The van der Waals surface area contributed by atoms with Crippen molar-refractivity contribution in [2.45, 2.75) is 6.42 Å². The van der Waals surface area contributed by atoms with Crippen molar-refractivity contribution in [3.8, 4) is 0 Å². The third-order valence-corrected chi connectivity index (χ3v) is 3.38. The number of hydrogen-bond acceptors (Lipinski definition) is 2. The SMILES string of the molecule is O=C(c1ccccc1)N1CCCN2CC=CC=C21. The molecule has 1 saturated heterocycles. The summed E-state index contributed by atoms with van der Waals surface area (Å²) in [5, 5.41) is 0. The Labute approximate surface area is 107 Å². The number of benzene rings is 1. The van der Waals surface area contributed by atoms with Crippen molar-refractivity contribution >= 4 is 5.91 Å². The summed E-state index contributed by atoms with van der Waals surface area (Å²) < 4.78 is 0. The summed E-state index contributed by atoms with van der Waals surface area (Å²) >= 11 is 0. The molecule has 0 aliphatic carbocycles. The molecule has 0 unspecified atom stereocenters. The zero-order valence-corrected chi connectivity index (χ0v) is 10.2. The van der Waals surface area contributed by atoms with Gasteiger partial charge in [-0.2, -0.15) is 0 Å². The van der Waals surface area contributed by atoms with E-state index in [1.54, 1.807) is 0 Å². The Morgan fingerprint density at radius 2 is 1.94 bits per heavy atom. The molecule has 3 nitrogen and oxygen atoms in total. The Bertz CT molecular complexity index is 504. The van der Waals surface area contributed by atoms with Gasteiger partial charge in [0.15, 0.2) is 0 Å². The van der Waals surface area contributed by atoms with Crippen LogP contribution < -0.4 is 0 Å². The lowest BCUT2D eigenvalue weighted by Crippen LogP contribution is -2.46. The minimum atomic E-state index is 0.0989. The molecule has 2 aliphatic rings. The number of allylic oxidation sites excluding steroid dienone is 2. The minimum Gasteiger partial charge on any atom is -0.354 e. The van der Waals surface area contributed by atoms with Crippen LogP contribution in [0.5, 0.6) is 0 Å². The molecule has 18 heavy (non-hydrogen) atoms. The van der Waals surface area contributed by atoms with E-state index in [9.17, 15) is 4.79 Å². The summed E-state index contributed by atoms with van der Waals surface area (Å²) in [6.07, 6.45) is 7.22. The van der Waals surface area contributed by atoms with Crippen LogP contribution in [0, 0.1) is 0 Å². The van der Waals surface area contributed by atoms with Crippen molar-refractivity contribution < 1.29 is 4.79 Å². The van der Waals surface area contributed by atoms with E-state index >= 15 is 0 Å². The summed E-state index contributed by atoms with van der Waals surface area (Å²) in [7, 11) is 0. The van der Waals surface area contributed by atoms with E-state index in [0.717, 1.165) is 37.4 Å². The monoisotopic (exact) mass is 240 g/mol. The van der Waals surface area contributed by atoms with Gasteiger partial charge in [-0.05, 0) is 24.6 Å². The largest absolute Gasteiger partial charge is 0.354 e. The minimum absolute atomic E-state index is 0.0989. The fourth-order valence-corrected chi connectivity index (χ4v) is 2.48. The van der Waals surface area contributed by atoms with Crippen molar-refractivity contribution in [2.75, 3.05) is 19.6 Å². The normalized spacial score (nSPS) is 18.3. The van der Waals surface area contributed by atoms with Crippen LogP contribution in [0.15, 0.2) is 54.4 Å². The van der Waals surface area contributed by atoms with E-state index in [1.807, 2.05) is 47.4 Å². The molecule has 0 radical (unpaired) electrons. The maximum atomic E-state index is 12.5. The molecule has 0 atom stereocenters. The summed E-state index contributed by atoms with van der Waals surface area (Å²) in [5.41, 5.74) is 0.759. The summed E-state index contributed by atoms with van der Waals surface area (Å²) in [6.45, 7) is 2.75. The smallest absolute Gasteiger partial charge is 0.259 e. The molecule has 0 spiro atoms. The van der Waals surface area contributed by atoms with Gasteiger partial charge in [-0.3, -0.25) is 9.69 Å². The molecular weight excluding hydrogens is 224 g/mol. The van der Waals surface area contributed by atoms with Crippen LogP contribution in [0.25, 0.3) is 0 Å². The van der Waals surface area contributed by atoms with Crippen LogP contribution in [0.2, 0.25) is 0 Å². The molecule has 3 rings (SSSR count). The highest BCUT2D eigenvalue weighted by molar-refractivity contribution is 5.95. The fourth-order valence-electron chi connectivity index (χ4n) is 2.48. The molecule has 0 bridgehead atoms. The molecule has 0 N–H and O–H groups in total. The topological polar surface area (TPSA) is 23.6 Å². The Hall–Kier alpha value is -2.03. The molecule has 1 aromatic carbocycles. The number of hydrogen-bond donors (Lipinski definition) is 0. The highest BCUT2D eigenvalue weighted by Crippen LogP contribution is 2.22. The third-order valence-electron chi connectivity index (χ3n) is 3.38. The van der Waals surface area contributed by atoms with Crippen LogP contribution >= 0.6 is 0 Å². The van der Waals surface area contributed by atoms with Crippen molar-refractivity contribution in [2.24, 2.45) is 0 Å². The van der Waals surface area contributed by atoms with E-state index in [-0.39, 0.29) is 5.91 Å². The number of carbonyl (C=O) groups is 1. The van der Waals surface area contributed by atoms with Gasteiger partial charge in [0, 0.05) is 25.2 Å². The third kappa shape index (κ3) is 1.92. The maximum absolute atomic E-state index is 12.5. The second kappa shape index (κ2) is 4.69. The average Bonchev–Trinajstić information content (AvgIpc) is 2.47. The standard InChI is InChI=1S/C15H16N2O/c18-15(13-7-2-1-3-8-13)17-12-6-11-16-10-5-4-9-14(16)17/h1-5,7-9H,6,10-12H2. The Balaban J connectivity index is 1.89. The Morgan fingerprint density at radius 1 is 1.11 bits per heavy atom. The van der Waals surface area contributed by atoms with Gasteiger partial charge in [0.25, 0.3) is 5.91 Å². The lowest BCUT2D eigenvalue weighted by molar-refractivity contribution is 0.0695. The molecule has 1 aromatic rings. The lowest BCUT2D eigenvalue weighted by atomic mass is 10.1. The van der Waals surface area contributed by atoms with Crippen LogP contribution in [-0.2, 0) is 0 Å². The number of nitrogens with zero attached hydrogens (tertiary/aromatic N) is 2. The number of amides is 1. The predicted octanol–water partition coefficient (Wildman–Crippen LogP) is 2.25. The summed E-state index contributed by atoms with van der Waals surface area (Å²) in [4.78, 5) is 16.6. The van der Waals surface area contributed by atoms with Crippen LogP contribution in [0.3, 0.4) is 0 Å². The van der Waals surface area contributed by atoms with E-state index < -0.39 is 0 Å². The molecular formula is C15H16N2O. The lowest BCUT2D eigenvalue weighted by Gasteiger charge is -2.40.